The summed E-state index contributed by atoms with van der Waals surface area (Å²) in [4.78, 5) is -0.278. The molecule has 1 aliphatic heterocycles. The second-order valence-corrected chi connectivity index (χ2v) is 13.9. The van der Waals surface area contributed by atoms with Gasteiger partial charge in [-0.15, -0.1) is 0 Å². The van der Waals surface area contributed by atoms with E-state index in [4.69, 9.17) is 4.74 Å². The Labute approximate surface area is 225 Å². The summed E-state index contributed by atoms with van der Waals surface area (Å²) in [6.45, 7) is 6.94. The van der Waals surface area contributed by atoms with E-state index in [1.54, 1.807) is 26.0 Å². The van der Waals surface area contributed by atoms with E-state index in [0.717, 1.165) is 16.4 Å². The maximum absolute atomic E-state index is 13.7. The molecular weight excluding hydrogens is 531 g/mol. The predicted octanol–water partition coefficient (Wildman–Crippen LogP) is 3.31. The molecule has 0 saturated heterocycles. The lowest BCUT2D eigenvalue weighted by Crippen LogP contribution is -2.50. The molecule has 0 spiro atoms. The molecule has 38 heavy (non-hydrogen) atoms. The first-order valence-electron chi connectivity index (χ1n) is 12.4. The average molecular weight is 567 g/mol. The molecule has 0 radical (unpaired) electrons. The number of rotatable bonds is 7. The van der Waals surface area contributed by atoms with Crippen LogP contribution in [0.4, 0.5) is 4.39 Å². The number of fused-ring (bicyclic) bond motifs is 1. The van der Waals surface area contributed by atoms with Crippen molar-refractivity contribution in [2.24, 2.45) is 11.8 Å². The standard InChI is InChI=1S/C27H35FN2O6S2/c1-19(2)8-6-9-22-12-13-27-25(14-22)36-26(20(3)16-30(21(4)18-31)38(27,34)35)17-29(5)37(32,33)24-11-7-10-23(28)15-24/h7,10-15,19-21,26,31H,8,16-18H2,1-5H3/t20-,21-,26+/m0/s1. The van der Waals surface area contributed by atoms with Gasteiger partial charge >= 0.3 is 0 Å². The summed E-state index contributed by atoms with van der Waals surface area (Å²) in [7, 11) is -6.72. The van der Waals surface area contributed by atoms with Gasteiger partial charge in [0.05, 0.1) is 18.0 Å². The highest BCUT2D eigenvalue weighted by Crippen LogP contribution is 2.34. The number of aliphatic hydroxyl groups is 1. The number of aliphatic hydroxyl groups excluding tert-OH is 1. The normalized spacial score (nSPS) is 20.6. The summed E-state index contributed by atoms with van der Waals surface area (Å²) in [5, 5.41) is 9.79. The molecule has 11 heteroatoms. The number of likely N-dealkylation sites (N-methyl/N-ethyl adjacent to an activating group) is 1. The molecule has 3 atom stereocenters. The van der Waals surface area contributed by atoms with Crippen LogP contribution >= 0.6 is 0 Å². The fourth-order valence-electron chi connectivity index (χ4n) is 4.04. The van der Waals surface area contributed by atoms with Crippen molar-refractivity contribution in [1.29, 1.82) is 0 Å². The Bertz CT molecular complexity index is 1420. The fraction of sp³-hybridized carbons (Fsp3) is 0.481. The maximum atomic E-state index is 13.7. The van der Waals surface area contributed by atoms with E-state index in [9.17, 15) is 26.3 Å². The van der Waals surface area contributed by atoms with E-state index in [0.29, 0.717) is 17.9 Å². The van der Waals surface area contributed by atoms with Crippen LogP contribution in [-0.4, -0.2) is 69.4 Å². The summed E-state index contributed by atoms with van der Waals surface area (Å²) in [5.74, 6) is 5.40. The van der Waals surface area contributed by atoms with E-state index in [2.05, 4.69) is 11.8 Å². The number of ether oxygens (including phenoxy) is 1. The molecule has 1 heterocycles. The third kappa shape index (κ3) is 6.74. The molecule has 0 unspecified atom stereocenters. The quantitative estimate of drug-likeness (QED) is 0.516. The lowest BCUT2D eigenvalue weighted by Gasteiger charge is -2.37. The Morgan fingerprint density at radius 1 is 1.21 bits per heavy atom. The highest BCUT2D eigenvalue weighted by atomic mass is 32.2. The predicted molar refractivity (Wildman–Crippen MR) is 143 cm³/mol. The largest absolute Gasteiger partial charge is 0.487 e. The summed E-state index contributed by atoms with van der Waals surface area (Å²) >= 11 is 0. The van der Waals surface area contributed by atoms with Gasteiger partial charge in [0, 0.05) is 37.5 Å². The smallest absolute Gasteiger partial charge is 0.247 e. The second-order valence-electron chi connectivity index (χ2n) is 10.0. The van der Waals surface area contributed by atoms with Crippen molar-refractivity contribution in [2.45, 2.75) is 56.1 Å². The molecule has 2 aromatic rings. The first-order valence-corrected chi connectivity index (χ1v) is 15.3. The van der Waals surface area contributed by atoms with E-state index in [1.165, 1.54) is 29.6 Å². The zero-order valence-electron chi connectivity index (χ0n) is 22.3. The Morgan fingerprint density at radius 2 is 1.92 bits per heavy atom. The number of nitrogens with zero attached hydrogens (tertiary/aromatic N) is 2. The number of benzene rings is 2. The minimum Gasteiger partial charge on any atom is -0.487 e. The summed E-state index contributed by atoms with van der Waals surface area (Å²) < 4.78 is 75.8. The van der Waals surface area contributed by atoms with Gasteiger partial charge in [-0.25, -0.2) is 21.2 Å². The van der Waals surface area contributed by atoms with Gasteiger partial charge in [-0.3, -0.25) is 0 Å². The van der Waals surface area contributed by atoms with Crippen LogP contribution in [-0.2, 0) is 20.0 Å². The molecule has 0 aliphatic carbocycles. The average Bonchev–Trinajstić information content (AvgIpc) is 2.85. The minimum absolute atomic E-state index is 0.00202. The number of halogens is 1. The van der Waals surface area contributed by atoms with Gasteiger partial charge in [-0.05, 0) is 49.2 Å². The maximum Gasteiger partial charge on any atom is 0.247 e. The molecule has 208 valence electrons. The van der Waals surface area contributed by atoms with Crippen LogP contribution in [0, 0.1) is 29.5 Å². The third-order valence-corrected chi connectivity index (χ3v) is 10.2. The zero-order valence-corrected chi connectivity index (χ0v) is 23.9. The van der Waals surface area contributed by atoms with Crippen LogP contribution in [0.3, 0.4) is 0 Å². The molecule has 1 aliphatic rings. The lowest BCUT2D eigenvalue weighted by atomic mass is 10.0. The minimum atomic E-state index is -4.05. The molecule has 0 fully saturated rings. The summed E-state index contributed by atoms with van der Waals surface area (Å²) in [6.07, 6.45) is -0.0923. The van der Waals surface area contributed by atoms with Crippen molar-refractivity contribution in [3.8, 4) is 17.6 Å². The molecule has 0 bridgehead atoms. The van der Waals surface area contributed by atoms with Crippen LogP contribution in [0.2, 0.25) is 0 Å². The Kier molecular flexibility index (Phi) is 9.60. The molecule has 8 nitrogen and oxygen atoms in total. The number of hydrogen-bond donors (Lipinski definition) is 1. The topological polar surface area (TPSA) is 104 Å². The second kappa shape index (κ2) is 12.1. The Morgan fingerprint density at radius 3 is 2.55 bits per heavy atom. The first kappa shape index (κ1) is 30.1. The van der Waals surface area contributed by atoms with Crippen LogP contribution in [0.15, 0.2) is 52.3 Å². The summed E-state index contributed by atoms with van der Waals surface area (Å²) in [5.41, 5.74) is 0.564. The molecular formula is C27H35FN2O6S2. The van der Waals surface area contributed by atoms with Crippen molar-refractivity contribution in [1.82, 2.24) is 8.61 Å². The molecule has 3 rings (SSSR count). The van der Waals surface area contributed by atoms with E-state index in [1.807, 2.05) is 13.8 Å². The van der Waals surface area contributed by atoms with Crippen LogP contribution in [0.1, 0.15) is 39.7 Å². The third-order valence-electron chi connectivity index (χ3n) is 6.35. The van der Waals surface area contributed by atoms with Crippen LogP contribution < -0.4 is 4.74 Å². The van der Waals surface area contributed by atoms with Crippen molar-refractivity contribution >= 4 is 20.0 Å². The highest BCUT2D eigenvalue weighted by Gasteiger charge is 2.39. The zero-order chi connectivity index (χ0) is 28.3. The van der Waals surface area contributed by atoms with Crippen molar-refractivity contribution in [2.75, 3.05) is 26.7 Å². The van der Waals surface area contributed by atoms with Gasteiger partial charge in [-0.2, -0.15) is 8.61 Å². The first-order chi connectivity index (χ1) is 17.8. The molecule has 0 aromatic heterocycles. The van der Waals surface area contributed by atoms with Gasteiger partial charge in [0.1, 0.15) is 22.6 Å². The number of sulfonamides is 2. The molecule has 0 saturated carbocycles. The number of hydrogen-bond acceptors (Lipinski definition) is 6. The van der Waals surface area contributed by atoms with Gasteiger partial charge < -0.3 is 9.84 Å². The van der Waals surface area contributed by atoms with Crippen molar-refractivity contribution < 1.29 is 31.1 Å². The van der Waals surface area contributed by atoms with Crippen molar-refractivity contribution in [3.05, 3.63) is 53.8 Å². The van der Waals surface area contributed by atoms with Gasteiger partial charge in [0.25, 0.3) is 0 Å². The van der Waals surface area contributed by atoms with Gasteiger partial charge in [-0.1, -0.05) is 38.7 Å². The lowest BCUT2D eigenvalue weighted by molar-refractivity contribution is 0.0904. The van der Waals surface area contributed by atoms with Gasteiger partial charge in [0.15, 0.2) is 0 Å². The van der Waals surface area contributed by atoms with E-state index < -0.39 is 43.9 Å². The summed E-state index contributed by atoms with van der Waals surface area (Å²) in [6, 6.07) is 8.62. The van der Waals surface area contributed by atoms with E-state index in [-0.39, 0.29) is 35.2 Å². The van der Waals surface area contributed by atoms with Crippen LogP contribution in [0.5, 0.6) is 5.75 Å². The monoisotopic (exact) mass is 566 g/mol. The van der Waals surface area contributed by atoms with Crippen LogP contribution in [0.25, 0.3) is 0 Å². The molecule has 2 aromatic carbocycles. The Hall–Kier alpha value is -2.49. The molecule has 0 amide bonds. The van der Waals surface area contributed by atoms with Gasteiger partial charge in [0.2, 0.25) is 20.0 Å². The highest BCUT2D eigenvalue weighted by molar-refractivity contribution is 7.89. The van der Waals surface area contributed by atoms with E-state index >= 15 is 0 Å². The fourth-order valence-corrected chi connectivity index (χ4v) is 7.08. The SMILES string of the molecule is CC(C)CC#Cc1ccc2c(c1)O[C@H](CN(C)S(=O)(=O)c1cccc(F)c1)[C@@H](C)CN([C@@H](C)CO)S2(=O)=O. The van der Waals surface area contributed by atoms with Crippen molar-refractivity contribution in [3.63, 3.8) is 0 Å². The molecule has 1 N–H and O–H groups in total. The Balaban J connectivity index is 2.05.